The van der Waals surface area contributed by atoms with Crippen molar-refractivity contribution in [2.24, 2.45) is 5.92 Å². The van der Waals surface area contributed by atoms with E-state index in [2.05, 4.69) is 15.2 Å². The summed E-state index contributed by atoms with van der Waals surface area (Å²) in [7, 11) is 4.06. The molecule has 2 rings (SSSR count). The highest BCUT2D eigenvalue weighted by atomic mass is 32.1. The van der Waals surface area contributed by atoms with Gasteiger partial charge in [0.2, 0.25) is 0 Å². The number of nitrogens with one attached hydrogen (secondary N) is 1. The molecule has 1 aromatic heterocycles. The first-order valence-corrected chi connectivity index (χ1v) is 7.87. The van der Waals surface area contributed by atoms with Crippen molar-refractivity contribution in [3.63, 3.8) is 0 Å². The molecule has 1 atom stereocenters. The molecule has 0 aliphatic carbocycles. The molecule has 3 N–H and O–H groups in total. The van der Waals surface area contributed by atoms with Crippen molar-refractivity contribution in [3.8, 4) is 0 Å². The van der Waals surface area contributed by atoms with Gasteiger partial charge in [-0.3, -0.25) is 0 Å². The zero-order valence-electron chi connectivity index (χ0n) is 12.5. The van der Waals surface area contributed by atoms with Crippen LogP contribution in [0.4, 0.5) is 9.93 Å². The van der Waals surface area contributed by atoms with Gasteiger partial charge >= 0.3 is 6.03 Å². The number of hydrogen-bond acceptors (Lipinski definition) is 6. The Bertz CT molecular complexity index is 465. The molecule has 1 aliphatic heterocycles. The molecule has 8 heteroatoms. The smallest absolute Gasteiger partial charge is 0.317 e. The third kappa shape index (κ3) is 5.14. The SMILES string of the molecule is CN(C)CC1COCCN(C(=O)NCc2csc(N)n2)C1. The number of ether oxygens (including phenoxy) is 1. The number of anilines is 1. The van der Waals surface area contributed by atoms with Gasteiger partial charge in [-0.25, -0.2) is 9.78 Å². The summed E-state index contributed by atoms with van der Waals surface area (Å²) in [5.41, 5.74) is 6.37. The standard InChI is InChI=1S/C13H23N5O2S/c1-17(2)6-10-7-18(3-4-20-8-10)13(19)15-5-11-9-21-12(14)16-11/h9-10H,3-8H2,1-2H3,(H2,14,16)(H,15,19). The second-order valence-electron chi connectivity index (χ2n) is 5.48. The molecule has 0 spiro atoms. The van der Waals surface area contributed by atoms with E-state index in [-0.39, 0.29) is 6.03 Å². The third-order valence-electron chi connectivity index (χ3n) is 3.24. The molecule has 0 bridgehead atoms. The molecule has 0 radical (unpaired) electrons. The summed E-state index contributed by atoms with van der Waals surface area (Å²) in [6.07, 6.45) is 0. The predicted molar refractivity (Wildman–Crippen MR) is 83.2 cm³/mol. The predicted octanol–water partition coefficient (Wildman–Crippen LogP) is 0.445. The molecule has 1 saturated heterocycles. The molecule has 1 fully saturated rings. The fourth-order valence-corrected chi connectivity index (χ4v) is 2.94. The van der Waals surface area contributed by atoms with E-state index in [1.165, 1.54) is 11.3 Å². The monoisotopic (exact) mass is 313 g/mol. The summed E-state index contributed by atoms with van der Waals surface area (Å²) < 4.78 is 5.58. The second-order valence-corrected chi connectivity index (χ2v) is 6.37. The van der Waals surface area contributed by atoms with E-state index in [1.54, 1.807) is 0 Å². The lowest BCUT2D eigenvalue weighted by atomic mass is 10.1. The van der Waals surface area contributed by atoms with Gasteiger partial charge in [-0.1, -0.05) is 0 Å². The fraction of sp³-hybridized carbons (Fsp3) is 0.692. The Kier molecular flexibility index (Phi) is 5.77. The summed E-state index contributed by atoms with van der Waals surface area (Å²) >= 11 is 1.38. The number of amides is 2. The molecular formula is C13H23N5O2S. The van der Waals surface area contributed by atoms with Gasteiger partial charge in [-0.2, -0.15) is 0 Å². The Labute approximate surface area is 129 Å². The lowest BCUT2D eigenvalue weighted by Crippen LogP contribution is -2.44. The van der Waals surface area contributed by atoms with Crippen LogP contribution in [0.5, 0.6) is 0 Å². The summed E-state index contributed by atoms with van der Waals surface area (Å²) in [6, 6.07) is -0.0733. The number of nitrogens with zero attached hydrogens (tertiary/aromatic N) is 3. The number of aromatic nitrogens is 1. The number of carbonyl (C=O) groups is 1. The average Bonchev–Trinajstić information content (AvgIpc) is 2.70. The third-order valence-corrected chi connectivity index (χ3v) is 3.96. The molecule has 1 unspecified atom stereocenters. The van der Waals surface area contributed by atoms with E-state index in [9.17, 15) is 4.79 Å². The molecular weight excluding hydrogens is 290 g/mol. The average molecular weight is 313 g/mol. The first-order chi connectivity index (χ1) is 10.0. The molecule has 118 valence electrons. The first-order valence-electron chi connectivity index (χ1n) is 6.99. The second kappa shape index (κ2) is 7.58. The van der Waals surface area contributed by atoms with Gasteiger partial charge in [0.25, 0.3) is 0 Å². The van der Waals surface area contributed by atoms with Crippen LogP contribution >= 0.6 is 11.3 Å². The molecule has 1 aliphatic rings. The highest BCUT2D eigenvalue weighted by molar-refractivity contribution is 7.13. The lowest BCUT2D eigenvalue weighted by molar-refractivity contribution is 0.112. The van der Waals surface area contributed by atoms with E-state index in [0.717, 1.165) is 12.2 Å². The highest BCUT2D eigenvalue weighted by Crippen LogP contribution is 2.11. The van der Waals surface area contributed by atoms with Crippen LogP contribution in [-0.2, 0) is 11.3 Å². The van der Waals surface area contributed by atoms with Crippen LogP contribution in [0.1, 0.15) is 5.69 Å². The van der Waals surface area contributed by atoms with E-state index < -0.39 is 0 Å². The lowest BCUT2D eigenvalue weighted by Gasteiger charge is -2.25. The van der Waals surface area contributed by atoms with Crippen LogP contribution in [0.2, 0.25) is 0 Å². The molecule has 7 nitrogen and oxygen atoms in total. The van der Waals surface area contributed by atoms with Crippen LogP contribution in [0, 0.1) is 5.92 Å². The quantitative estimate of drug-likeness (QED) is 0.843. The largest absolute Gasteiger partial charge is 0.379 e. The Morgan fingerprint density at radius 3 is 3.14 bits per heavy atom. The minimum absolute atomic E-state index is 0.0733. The first kappa shape index (κ1) is 16.0. The summed E-state index contributed by atoms with van der Waals surface area (Å²) in [6.45, 7) is 3.93. The highest BCUT2D eigenvalue weighted by Gasteiger charge is 2.22. The molecule has 2 heterocycles. The molecule has 0 saturated carbocycles. The minimum atomic E-state index is -0.0733. The van der Waals surface area contributed by atoms with E-state index >= 15 is 0 Å². The van der Waals surface area contributed by atoms with E-state index in [4.69, 9.17) is 10.5 Å². The van der Waals surface area contributed by atoms with E-state index in [0.29, 0.717) is 43.9 Å². The van der Waals surface area contributed by atoms with Crippen LogP contribution in [0.3, 0.4) is 0 Å². The Morgan fingerprint density at radius 1 is 1.67 bits per heavy atom. The number of nitrogens with two attached hydrogens (primary N) is 1. The van der Waals surface area contributed by atoms with Crippen molar-refractivity contribution in [1.29, 1.82) is 0 Å². The van der Waals surface area contributed by atoms with Gasteiger partial charge in [-0.05, 0) is 14.1 Å². The maximum Gasteiger partial charge on any atom is 0.317 e. The van der Waals surface area contributed by atoms with Crippen molar-refractivity contribution in [1.82, 2.24) is 20.1 Å². The number of nitrogen functional groups attached to an aromatic ring is 1. The van der Waals surface area contributed by atoms with Gasteiger partial charge < -0.3 is 25.6 Å². The van der Waals surface area contributed by atoms with Gasteiger partial charge in [0.15, 0.2) is 5.13 Å². The van der Waals surface area contributed by atoms with Crippen LogP contribution in [0.25, 0.3) is 0 Å². The van der Waals surface area contributed by atoms with Crippen LogP contribution < -0.4 is 11.1 Å². The number of hydrogen-bond donors (Lipinski definition) is 2. The van der Waals surface area contributed by atoms with Crippen molar-refractivity contribution >= 4 is 22.5 Å². The van der Waals surface area contributed by atoms with Gasteiger partial charge in [-0.15, -0.1) is 11.3 Å². The zero-order chi connectivity index (χ0) is 15.2. The molecule has 0 aromatic carbocycles. The maximum absolute atomic E-state index is 12.3. The van der Waals surface area contributed by atoms with Crippen molar-refractivity contribution < 1.29 is 9.53 Å². The fourth-order valence-electron chi connectivity index (χ4n) is 2.37. The van der Waals surface area contributed by atoms with Crippen LogP contribution in [0.15, 0.2) is 5.38 Å². The van der Waals surface area contributed by atoms with Crippen molar-refractivity contribution in [2.45, 2.75) is 6.54 Å². The van der Waals surface area contributed by atoms with E-state index in [1.807, 2.05) is 24.4 Å². The van der Waals surface area contributed by atoms with Gasteiger partial charge in [0, 0.05) is 30.9 Å². The Hall–Kier alpha value is -1.38. The number of urea groups is 1. The van der Waals surface area contributed by atoms with Crippen molar-refractivity contribution in [3.05, 3.63) is 11.1 Å². The number of rotatable bonds is 4. The summed E-state index contributed by atoms with van der Waals surface area (Å²) in [5, 5.41) is 5.27. The van der Waals surface area contributed by atoms with Gasteiger partial charge in [0.1, 0.15) is 0 Å². The topological polar surface area (TPSA) is 83.7 Å². The summed E-state index contributed by atoms with van der Waals surface area (Å²) in [5.74, 6) is 0.336. The molecule has 21 heavy (non-hydrogen) atoms. The van der Waals surface area contributed by atoms with Crippen LogP contribution in [-0.4, -0.2) is 67.8 Å². The zero-order valence-corrected chi connectivity index (χ0v) is 13.4. The van der Waals surface area contributed by atoms with Gasteiger partial charge in [0.05, 0.1) is 25.5 Å². The minimum Gasteiger partial charge on any atom is -0.379 e. The molecule has 1 aromatic rings. The number of carbonyl (C=O) groups excluding carboxylic acids is 1. The normalized spacial score (nSPS) is 19.6. The maximum atomic E-state index is 12.3. The Morgan fingerprint density at radius 2 is 2.48 bits per heavy atom. The Balaban J connectivity index is 1.84. The van der Waals surface area contributed by atoms with Crippen molar-refractivity contribution in [2.75, 3.05) is 52.7 Å². The summed E-state index contributed by atoms with van der Waals surface area (Å²) in [4.78, 5) is 20.3. The number of thiazole rings is 1. The molecule has 2 amide bonds.